The van der Waals surface area contributed by atoms with Crippen LogP contribution < -0.4 is 5.32 Å². The normalized spacial score (nSPS) is 11.3. The van der Waals surface area contributed by atoms with Gasteiger partial charge in [-0.3, -0.25) is 4.79 Å². The average molecular weight is 398 g/mol. The maximum atomic E-state index is 12.3. The zero-order chi connectivity index (χ0) is 19.4. The molecule has 1 aromatic heterocycles. The summed E-state index contributed by atoms with van der Waals surface area (Å²) < 4.78 is 0. The molecule has 27 heavy (non-hydrogen) atoms. The predicted molar refractivity (Wildman–Crippen MR) is 109 cm³/mol. The molecule has 0 radical (unpaired) electrons. The average Bonchev–Trinajstić information content (AvgIpc) is 3.09. The van der Waals surface area contributed by atoms with Crippen molar-refractivity contribution >= 4 is 40.9 Å². The van der Waals surface area contributed by atoms with Gasteiger partial charge in [0.15, 0.2) is 0 Å². The highest BCUT2D eigenvalue weighted by atomic mass is 35.5. The number of halogens is 1. The molecular formula is C21H16ClNO3S. The second-order valence-electron chi connectivity index (χ2n) is 5.87. The van der Waals surface area contributed by atoms with Gasteiger partial charge in [-0.25, -0.2) is 4.79 Å². The van der Waals surface area contributed by atoms with E-state index < -0.39 is 11.9 Å². The molecular weight excluding hydrogens is 382 g/mol. The summed E-state index contributed by atoms with van der Waals surface area (Å²) in [6.07, 6.45) is 1.45. The van der Waals surface area contributed by atoms with Crippen LogP contribution in [0, 0.1) is 6.92 Å². The van der Waals surface area contributed by atoms with Crippen LogP contribution in [0.4, 0.5) is 0 Å². The molecule has 0 saturated carbocycles. The van der Waals surface area contributed by atoms with E-state index in [4.69, 9.17) is 11.6 Å². The minimum atomic E-state index is -1.20. The van der Waals surface area contributed by atoms with E-state index >= 15 is 0 Å². The number of carboxylic acids is 1. The second-order valence-corrected chi connectivity index (χ2v) is 7.39. The molecule has 0 aliphatic carbocycles. The van der Waals surface area contributed by atoms with E-state index in [1.807, 2.05) is 37.3 Å². The van der Waals surface area contributed by atoms with E-state index in [2.05, 4.69) is 5.32 Å². The zero-order valence-corrected chi connectivity index (χ0v) is 16.0. The maximum absolute atomic E-state index is 12.3. The van der Waals surface area contributed by atoms with Crippen molar-refractivity contribution in [2.24, 2.45) is 0 Å². The standard InChI is InChI=1S/C21H16ClNO3S/c1-13-5-4-6-14(11-13)20(24)23-18(21(25)26)12-15-9-10-19(27-15)16-7-2-3-8-17(16)22/h2-12H,1H3,(H,23,24)(H,25,26). The fourth-order valence-electron chi connectivity index (χ4n) is 2.51. The smallest absolute Gasteiger partial charge is 0.352 e. The molecule has 0 spiro atoms. The SMILES string of the molecule is Cc1cccc(C(=O)NC(=Cc2ccc(-c3ccccc3Cl)s2)C(=O)O)c1. The lowest BCUT2D eigenvalue weighted by Gasteiger charge is -2.06. The Hall–Kier alpha value is -2.89. The summed E-state index contributed by atoms with van der Waals surface area (Å²) in [6.45, 7) is 1.87. The summed E-state index contributed by atoms with van der Waals surface area (Å²) in [5.74, 6) is -1.67. The molecule has 0 atom stereocenters. The molecule has 0 aliphatic rings. The minimum absolute atomic E-state index is 0.186. The highest BCUT2D eigenvalue weighted by Gasteiger charge is 2.14. The van der Waals surface area contributed by atoms with Gasteiger partial charge in [0.1, 0.15) is 5.70 Å². The highest BCUT2D eigenvalue weighted by molar-refractivity contribution is 7.16. The van der Waals surface area contributed by atoms with Gasteiger partial charge < -0.3 is 10.4 Å². The van der Waals surface area contributed by atoms with Gasteiger partial charge in [-0.1, -0.05) is 47.5 Å². The first-order valence-electron chi connectivity index (χ1n) is 8.12. The van der Waals surface area contributed by atoms with Crippen LogP contribution in [-0.2, 0) is 4.79 Å². The molecule has 0 unspecified atom stereocenters. The van der Waals surface area contributed by atoms with E-state index in [0.29, 0.717) is 15.5 Å². The van der Waals surface area contributed by atoms with Gasteiger partial charge in [0.25, 0.3) is 5.91 Å². The Kier molecular flexibility index (Phi) is 5.74. The third kappa shape index (κ3) is 4.64. The number of aryl methyl sites for hydroxylation is 1. The first-order chi connectivity index (χ1) is 12.9. The summed E-state index contributed by atoms with van der Waals surface area (Å²) in [7, 11) is 0. The van der Waals surface area contributed by atoms with Crippen molar-refractivity contribution in [1.29, 1.82) is 0 Å². The van der Waals surface area contributed by atoms with E-state index in [9.17, 15) is 14.7 Å². The van der Waals surface area contributed by atoms with E-state index in [1.165, 1.54) is 17.4 Å². The molecule has 2 aromatic carbocycles. The molecule has 2 N–H and O–H groups in total. The van der Waals surface area contributed by atoms with E-state index in [1.54, 1.807) is 30.3 Å². The Balaban J connectivity index is 1.85. The molecule has 1 heterocycles. The Morgan fingerprint density at radius 2 is 1.85 bits per heavy atom. The topological polar surface area (TPSA) is 66.4 Å². The predicted octanol–water partition coefficient (Wildman–Crippen LogP) is 5.23. The molecule has 3 rings (SSSR count). The van der Waals surface area contributed by atoms with Gasteiger partial charge in [0.05, 0.1) is 0 Å². The van der Waals surface area contributed by atoms with Gasteiger partial charge in [-0.15, -0.1) is 11.3 Å². The van der Waals surface area contributed by atoms with Crippen molar-refractivity contribution in [3.05, 3.63) is 87.4 Å². The number of carbonyl (C=O) groups excluding carboxylic acids is 1. The van der Waals surface area contributed by atoms with Crippen LogP contribution in [-0.4, -0.2) is 17.0 Å². The van der Waals surface area contributed by atoms with Crippen molar-refractivity contribution in [3.63, 3.8) is 0 Å². The van der Waals surface area contributed by atoms with Gasteiger partial charge >= 0.3 is 5.97 Å². The zero-order valence-electron chi connectivity index (χ0n) is 14.4. The third-order valence-electron chi connectivity index (χ3n) is 3.81. The maximum Gasteiger partial charge on any atom is 0.352 e. The number of nitrogens with one attached hydrogen (secondary N) is 1. The van der Waals surface area contributed by atoms with Crippen molar-refractivity contribution in [2.75, 3.05) is 0 Å². The van der Waals surface area contributed by atoms with E-state index in [0.717, 1.165) is 16.0 Å². The van der Waals surface area contributed by atoms with Crippen LogP contribution in [0.2, 0.25) is 5.02 Å². The summed E-state index contributed by atoms with van der Waals surface area (Å²) >= 11 is 7.61. The molecule has 0 bridgehead atoms. The molecule has 6 heteroatoms. The first kappa shape index (κ1) is 18.9. The van der Waals surface area contributed by atoms with E-state index in [-0.39, 0.29) is 5.70 Å². The van der Waals surface area contributed by atoms with Gasteiger partial charge in [-0.05, 0) is 43.3 Å². The van der Waals surface area contributed by atoms with Crippen molar-refractivity contribution < 1.29 is 14.7 Å². The Morgan fingerprint density at radius 1 is 1.07 bits per heavy atom. The van der Waals surface area contributed by atoms with Crippen LogP contribution in [0.5, 0.6) is 0 Å². The molecule has 4 nitrogen and oxygen atoms in total. The lowest BCUT2D eigenvalue weighted by Crippen LogP contribution is -2.27. The second kappa shape index (κ2) is 8.20. The summed E-state index contributed by atoms with van der Waals surface area (Å²) in [6, 6.07) is 18.1. The number of thiophene rings is 1. The van der Waals surface area contributed by atoms with Crippen LogP contribution >= 0.6 is 22.9 Å². The monoisotopic (exact) mass is 397 g/mol. The number of carboxylic acid groups (broad SMARTS) is 1. The van der Waals surface area contributed by atoms with Gasteiger partial charge in [-0.2, -0.15) is 0 Å². The Bertz CT molecular complexity index is 1040. The first-order valence-corrected chi connectivity index (χ1v) is 9.31. The Morgan fingerprint density at radius 3 is 2.56 bits per heavy atom. The molecule has 136 valence electrons. The van der Waals surface area contributed by atoms with Crippen molar-refractivity contribution in [1.82, 2.24) is 5.32 Å². The number of amides is 1. The Labute approximate surface area is 165 Å². The fraction of sp³-hybridized carbons (Fsp3) is 0.0476. The number of carbonyl (C=O) groups is 2. The van der Waals surface area contributed by atoms with Crippen molar-refractivity contribution in [3.8, 4) is 10.4 Å². The van der Waals surface area contributed by atoms with Crippen LogP contribution in [0.25, 0.3) is 16.5 Å². The third-order valence-corrected chi connectivity index (χ3v) is 5.21. The fourth-order valence-corrected chi connectivity index (χ4v) is 3.79. The highest BCUT2D eigenvalue weighted by Crippen LogP contribution is 2.33. The molecule has 0 fully saturated rings. The van der Waals surface area contributed by atoms with Crippen molar-refractivity contribution in [2.45, 2.75) is 6.92 Å². The minimum Gasteiger partial charge on any atom is -0.477 e. The van der Waals surface area contributed by atoms with Gasteiger partial charge in [0, 0.05) is 25.9 Å². The largest absolute Gasteiger partial charge is 0.477 e. The number of hydrogen-bond acceptors (Lipinski definition) is 3. The lowest BCUT2D eigenvalue weighted by molar-refractivity contribution is -0.132. The lowest BCUT2D eigenvalue weighted by atomic mass is 10.1. The molecule has 0 saturated heterocycles. The summed E-state index contributed by atoms with van der Waals surface area (Å²) in [5.41, 5.74) is 2.02. The number of rotatable bonds is 5. The van der Waals surface area contributed by atoms with Gasteiger partial charge in [0.2, 0.25) is 0 Å². The summed E-state index contributed by atoms with van der Waals surface area (Å²) in [5, 5.41) is 12.6. The van der Waals surface area contributed by atoms with Crippen LogP contribution in [0.3, 0.4) is 0 Å². The number of aliphatic carboxylic acids is 1. The summed E-state index contributed by atoms with van der Waals surface area (Å²) in [4.78, 5) is 25.5. The molecule has 0 aliphatic heterocycles. The molecule has 3 aromatic rings. The number of benzene rings is 2. The molecule has 1 amide bonds. The van der Waals surface area contributed by atoms with Crippen LogP contribution in [0.1, 0.15) is 20.8 Å². The number of hydrogen-bond donors (Lipinski definition) is 2. The quantitative estimate of drug-likeness (QED) is 0.579. The van der Waals surface area contributed by atoms with Crippen LogP contribution in [0.15, 0.2) is 66.4 Å².